The largest absolute Gasteiger partial charge is 0.323 e. The van der Waals surface area contributed by atoms with E-state index in [9.17, 15) is 4.57 Å². The third-order valence-electron chi connectivity index (χ3n) is 3.66. The van der Waals surface area contributed by atoms with E-state index in [2.05, 4.69) is 13.8 Å². The molecule has 74 valence electrons. The van der Waals surface area contributed by atoms with Gasteiger partial charge >= 0.3 is 0 Å². The molecule has 0 fully saturated rings. The fraction of sp³-hybridized carbons (Fsp3) is 0.818. The van der Waals surface area contributed by atoms with Gasteiger partial charge in [-0.15, -0.1) is 0 Å². The molecule has 3 atom stereocenters. The van der Waals surface area contributed by atoms with Crippen LogP contribution < -0.4 is 0 Å². The molecule has 0 saturated carbocycles. The maximum Gasteiger partial charge on any atom is 0.0925 e. The Balaban J connectivity index is 2.20. The molecule has 0 N–H and O–H groups in total. The minimum atomic E-state index is -1.78. The summed E-state index contributed by atoms with van der Waals surface area (Å²) in [6.07, 6.45) is 4.29. The molecular formula is C11H19OP. The summed E-state index contributed by atoms with van der Waals surface area (Å²) in [5, 5.41) is 0. The SMILES string of the molecule is C[C@@H]1CC2=C(C[C@@H]1C)CP(C)(=O)C2. The standard InChI is InChI=1S/C11H19OP/c1-8-4-10-6-13(3,12)7-11(10)5-9(8)2/h8-9H,4-7H2,1-3H3/t8-,9+,13?. The van der Waals surface area contributed by atoms with E-state index >= 15 is 0 Å². The van der Waals surface area contributed by atoms with Gasteiger partial charge in [-0.1, -0.05) is 25.0 Å². The third kappa shape index (κ3) is 1.76. The normalized spacial score (nSPS) is 45.2. The zero-order chi connectivity index (χ0) is 9.64. The molecule has 0 aromatic rings. The molecule has 2 heteroatoms. The van der Waals surface area contributed by atoms with Crippen molar-refractivity contribution in [2.45, 2.75) is 26.7 Å². The van der Waals surface area contributed by atoms with Crippen LogP contribution in [-0.2, 0) is 4.57 Å². The van der Waals surface area contributed by atoms with Crippen molar-refractivity contribution in [1.82, 2.24) is 0 Å². The van der Waals surface area contributed by atoms with Crippen LogP contribution in [0.3, 0.4) is 0 Å². The van der Waals surface area contributed by atoms with Gasteiger partial charge in [0.2, 0.25) is 0 Å². The highest BCUT2D eigenvalue weighted by Crippen LogP contribution is 2.55. The summed E-state index contributed by atoms with van der Waals surface area (Å²) in [4.78, 5) is 0. The van der Waals surface area contributed by atoms with Crippen LogP contribution in [-0.4, -0.2) is 19.0 Å². The van der Waals surface area contributed by atoms with Gasteiger partial charge in [-0.2, -0.15) is 0 Å². The van der Waals surface area contributed by atoms with Gasteiger partial charge in [0.05, 0.1) is 7.14 Å². The van der Waals surface area contributed by atoms with Crippen molar-refractivity contribution in [2.24, 2.45) is 11.8 Å². The zero-order valence-corrected chi connectivity index (χ0v) is 9.73. The first-order valence-electron chi connectivity index (χ1n) is 5.23. The van der Waals surface area contributed by atoms with Crippen molar-refractivity contribution in [3.8, 4) is 0 Å². The van der Waals surface area contributed by atoms with Crippen LogP contribution in [0.4, 0.5) is 0 Å². The molecule has 13 heavy (non-hydrogen) atoms. The highest BCUT2D eigenvalue weighted by molar-refractivity contribution is 7.64. The molecule has 1 unspecified atom stereocenters. The minimum absolute atomic E-state index is 0.803. The van der Waals surface area contributed by atoms with E-state index in [4.69, 9.17) is 0 Å². The van der Waals surface area contributed by atoms with Crippen molar-refractivity contribution < 1.29 is 4.57 Å². The van der Waals surface area contributed by atoms with E-state index in [0.717, 1.165) is 24.2 Å². The second kappa shape index (κ2) is 2.98. The lowest BCUT2D eigenvalue weighted by Gasteiger charge is -2.26. The number of rotatable bonds is 0. The fourth-order valence-corrected chi connectivity index (χ4v) is 5.12. The Kier molecular flexibility index (Phi) is 2.19. The second-order valence-electron chi connectivity index (χ2n) is 5.18. The second-order valence-corrected chi connectivity index (χ2v) is 8.41. The number of hydrogen-bond acceptors (Lipinski definition) is 1. The molecule has 0 amide bonds. The number of hydrogen-bond donors (Lipinski definition) is 0. The van der Waals surface area contributed by atoms with E-state index in [1.54, 1.807) is 11.1 Å². The zero-order valence-electron chi connectivity index (χ0n) is 8.84. The van der Waals surface area contributed by atoms with Crippen molar-refractivity contribution in [3.63, 3.8) is 0 Å². The Morgan fingerprint density at radius 2 is 1.46 bits per heavy atom. The first-order valence-corrected chi connectivity index (χ1v) is 7.76. The lowest BCUT2D eigenvalue weighted by Crippen LogP contribution is -2.16. The Bertz CT molecular complexity index is 277. The van der Waals surface area contributed by atoms with E-state index in [-0.39, 0.29) is 0 Å². The molecule has 0 bridgehead atoms. The number of allylic oxidation sites excluding steroid dienone is 2. The topological polar surface area (TPSA) is 17.1 Å². The van der Waals surface area contributed by atoms with Crippen LogP contribution in [0.1, 0.15) is 26.7 Å². The quantitative estimate of drug-likeness (QED) is 0.431. The van der Waals surface area contributed by atoms with Gasteiger partial charge in [-0.05, 0) is 31.3 Å². The lowest BCUT2D eigenvalue weighted by atomic mass is 9.79. The molecule has 2 rings (SSSR count). The monoisotopic (exact) mass is 198 g/mol. The van der Waals surface area contributed by atoms with E-state index in [1.165, 1.54) is 12.8 Å². The molecule has 0 spiro atoms. The van der Waals surface area contributed by atoms with Crippen molar-refractivity contribution in [3.05, 3.63) is 11.1 Å². The summed E-state index contributed by atoms with van der Waals surface area (Å²) in [6, 6.07) is 0. The van der Waals surface area contributed by atoms with Crippen molar-refractivity contribution in [2.75, 3.05) is 19.0 Å². The van der Waals surface area contributed by atoms with Crippen LogP contribution in [0.15, 0.2) is 11.1 Å². The first kappa shape index (κ1) is 9.52. The van der Waals surface area contributed by atoms with Gasteiger partial charge in [-0.3, -0.25) is 0 Å². The first-order chi connectivity index (χ1) is 5.98. The highest BCUT2D eigenvalue weighted by atomic mass is 31.2. The van der Waals surface area contributed by atoms with Gasteiger partial charge in [0, 0.05) is 12.3 Å². The summed E-state index contributed by atoms with van der Waals surface area (Å²) >= 11 is 0. The van der Waals surface area contributed by atoms with Crippen LogP contribution >= 0.6 is 7.14 Å². The van der Waals surface area contributed by atoms with Crippen molar-refractivity contribution in [1.29, 1.82) is 0 Å². The van der Waals surface area contributed by atoms with Gasteiger partial charge in [0.1, 0.15) is 0 Å². The molecule has 0 radical (unpaired) electrons. The summed E-state index contributed by atoms with van der Waals surface area (Å²) in [6.45, 7) is 6.63. The van der Waals surface area contributed by atoms with E-state index < -0.39 is 7.14 Å². The molecule has 2 aliphatic rings. The maximum atomic E-state index is 12.0. The van der Waals surface area contributed by atoms with Crippen LogP contribution in [0.2, 0.25) is 0 Å². The molecule has 0 aromatic carbocycles. The van der Waals surface area contributed by atoms with E-state index in [1.807, 2.05) is 6.66 Å². The summed E-state index contributed by atoms with van der Waals surface area (Å²) < 4.78 is 12.0. The van der Waals surface area contributed by atoms with Gasteiger partial charge < -0.3 is 4.57 Å². The molecular weight excluding hydrogens is 179 g/mol. The summed E-state index contributed by atoms with van der Waals surface area (Å²) in [5.74, 6) is 1.61. The van der Waals surface area contributed by atoms with Gasteiger partial charge in [0.25, 0.3) is 0 Å². The predicted molar refractivity (Wildman–Crippen MR) is 57.9 cm³/mol. The Morgan fingerprint density at radius 1 is 1.08 bits per heavy atom. The molecule has 1 nitrogen and oxygen atoms in total. The Labute approximate surface area is 81.0 Å². The van der Waals surface area contributed by atoms with Gasteiger partial charge in [0.15, 0.2) is 0 Å². The smallest absolute Gasteiger partial charge is 0.0925 e. The average Bonchev–Trinajstić information content (AvgIpc) is 2.24. The summed E-state index contributed by atoms with van der Waals surface area (Å²) in [5.41, 5.74) is 3.10. The highest BCUT2D eigenvalue weighted by Gasteiger charge is 2.34. The molecule has 0 aromatic heterocycles. The lowest BCUT2D eigenvalue weighted by molar-refractivity contribution is 0.361. The maximum absolute atomic E-state index is 12.0. The van der Waals surface area contributed by atoms with Gasteiger partial charge in [-0.25, -0.2) is 0 Å². The Morgan fingerprint density at radius 3 is 1.85 bits per heavy atom. The van der Waals surface area contributed by atoms with Crippen molar-refractivity contribution >= 4 is 7.14 Å². The minimum Gasteiger partial charge on any atom is -0.323 e. The molecule has 1 heterocycles. The average molecular weight is 198 g/mol. The molecule has 1 aliphatic heterocycles. The van der Waals surface area contributed by atoms with Crippen LogP contribution in [0, 0.1) is 11.8 Å². The molecule has 0 saturated heterocycles. The summed E-state index contributed by atoms with van der Waals surface area (Å²) in [7, 11) is -1.78. The Hall–Kier alpha value is -0.0300. The fourth-order valence-electron chi connectivity index (χ4n) is 2.68. The third-order valence-corrected chi connectivity index (χ3v) is 5.76. The van der Waals surface area contributed by atoms with Crippen LogP contribution in [0.25, 0.3) is 0 Å². The van der Waals surface area contributed by atoms with E-state index in [0.29, 0.717) is 0 Å². The predicted octanol–water partition coefficient (Wildman–Crippen LogP) is 3.36. The van der Waals surface area contributed by atoms with Crippen LogP contribution in [0.5, 0.6) is 0 Å². The molecule has 1 aliphatic carbocycles.